The average Bonchev–Trinajstić information content (AvgIpc) is 3.23. The molecule has 0 aromatic heterocycles. The Labute approximate surface area is 141 Å². The van der Waals surface area contributed by atoms with Crippen LogP contribution in [-0.4, -0.2) is 33.9 Å². The molecule has 3 rings (SSSR count). The molecule has 2 aliphatic rings. The highest BCUT2D eigenvalue weighted by atomic mass is 32.2. The van der Waals surface area contributed by atoms with Crippen LogP contribution in [0.3, 0.4) is 0 Å². The van der Waals surface area contributed by atoms with Crippen LogP contribution in [0.15, 0.2) is 24.3 Å². The normalized spacial score (nSPS) is 24.7. The Morgan fingerprint density at radius 1 is 1.30 bits per heavy atom. The Balaban J connectivity index is 1.59. The second-order valence-corrected chi connectivity index (χ2v) is 8.92. The van der Waals surface area contributed by atoms with Crippen molar-refractivity contribution in [2.75, 3.05) is 5.75 Å². The van der Waals surface area contributed by atoms with Gasteiger partial charge in [-0.05, 0) is 45.6 Å². The first-order valence-electron chi connectivity index (χ1n) is 8.12. The van der Waals surface area contributed by atoms with E-state index in [4.69, 9.17) is 0 Å². The molecular weight excluding hydrogens is 308 g/mol. The lowest BCUT2D eigenvalue weighted by Gasteiger charge is -2.33. The van der Waals surface area contributed by atoms with Gasteiger partial charge in [-0.1, -0.05) is 29.8 Å². The van der Waals surface area contributed by atoms with Crippen molar-refractivity contribution >= 4 is 23.6 Å². The number of thioether (sulfide) groups is 1. The zero-order chi connectivity index (χ0) is 16.7. The largest absolute Gasteiger partial charge is 0.349 e. The Hall–Kier alpha value is -1.49. The van der Waals surface area contributed by atoms with Gasteiger partial charge in [0.05, 0.1) is 4.75 Å². The molecule has 4 nitrogen and oxygen atoms in total. The molecule has 1 saturated heterocycles. The Bertz CT molecular complexity index is 620. The maximum Gasteiger partial charge on any atom is 0.243 e. The SMILES string of the molecule is Cc1ccc(CC2(NC(=O)C3CSC(C)(C)C(=O)N3)CC2)cc1. The summed E-state index contributed by atoms with van der Waals surface area (Å²) in [4.78, 5) is 24.5. The number of carbonyl (C=O) groups excluding carboxylic acids is 2. The van der Waals surface area contributed by atoms with Gasteiger partial charge in [-0.25, -0.2) is 0 Å². The quantitative estimate of drug-likeness (QED) is 0.889. The van der Waals surface area contributed by atoms with Crippen molar-refractivity contribution in [1.82, 2.24) is 10.6 Å². The molecule has 0 radical (unpaired) electrons. The summed E-state index contributed by atoms with van der Waals surface area (Å²) in [5, 5.41) is 6.04. The monoisotopic (exact) mass is 332 g/mol. The summed E-state index contributed by atoms with van der Waals surface area (Å²) in [6.45, 7) is 5.85. The summed E-state index contributed by atoms with van der Waals surface area (Å²) >= 11 is 1.54. The number of benzene rings is 1. The molecule has 2 amide bonds. The molecule has 1 aliphatic carbocycles. The Kier molecular flexibility index (Phi) is 4.17. The van der Waals surface area contributed by atoms with Gasteiger partial charge in [0.25, 0.3) is 0 Å². The maximum absolute atomic E-state index is 12.5. The zero-order valence-corrected chi connectivity index (χ0v) is 14.8. The highest BCUT2D eigenvalue weighted by Gasteiger charge is 2.46. The minimum absolute atomic E-state index is 0.0500. The van der Waals surface area contributed by atoms with E-state index in [0.29, 0.717) is 5.75 Å². The summed E-state index contributed by atoms with van der Waals surface area (Å²) in [6.07, 6.45) is 2.87. The third kappa shape index (κ3) is 3.71. The number of rotatable bonds is 4. The molecular formula is C18H24N2O2S. The number of carbonyl (C=O) groups is 2. The van der Waals surface area contributed by atoms with E-state index in [0.717, 1.165) is 19.3 Å². The first-order chi connectivity index (χ1) is 10.8. The highest BCUT2D eigenvalue weighted by molar-refractivity contribution is 8.01. The minimum atomic E-state index is -0.448. The van der Waals surface area contributed by atoms with Gasteiger partial charge >= 0.3 is 0 Å². The van der Waals surface area contributed by atoms with E-state index < -0.39 is 10.8 Å². The third-order valence-electron chi connectivity index (χ3n) is 4.68. The highest BCUT2D eigenvalue weighted by Crippen LogP contribution is 2.39. The van der Waals surface area contributed by atoms with E-state index in [1.165, 1.54) is 11.1 Å². The standard InChI is InChI=1S/C18H24N2O2S/c1-12-4-6-13(7-5-12)10-18(8-9-18)20-15(21)14-11-23-17(2,3)16(22)19-14/h4-7,14H,8-11H2,1-3H3,(H,19,22)(H,20,21). The summed E-state index contributed by atoms with van der Waals surface area (Å²) in [5.74, 6) is 0.522. The number of nitrogens with one attached hydrogen (secondary N) is 2. The lowest BCUT2D eigenvalue weighted by Crippen LogP contribution is -2.58. The van der Waals surface area contributed by atoms with Crippen molar-refractivity contribution in [3.05, 3.63) is 35.4 Å². The van der Waals surface area contributed by atoms with Crippen LogP contribution < -0.4 is 10.6 Å². The van der Waals surface area contributed by atoms with E-state index in [-0.39, 0.29) is 17.4 Å². The number of amides is 2. The van der Waals surface area contributed by atoms with Gasteiger partial charge in [0, 0.05) is 11.3 Å². The van der Waals surface area contributed by atoms with Crippen LogP contribution in [0.4, 0.5) is 0 Å². The van der Waals surface area contributed by atoms with Gasteiger partial charge in [-0.3, -0.25) is 9.59 Å². The first kappa shape index (κ1) is 16.4. The molecule has 2 fully saturated rings. The fraction of sp³-hybridized carbons (Fsp3) is 0.556. The summed E-state index contributed by atoms with van der Waals surface area (Å²) in [6, 6.07) is 8.04. The van der Waals surface area contributed by atoms with Crippen molar-refractivity contribution in [3.8, 4) is 0 Å². The minimum Gasteiger partial charge on any atom is -0.349 e. The van der Waals surface area contributed by atoms with Gasteiger partial charge in [-0.2, -0.15) is 0 Å². The van der Waals surface area contributed by atoms with E-state index in [1.54, 1.807) is 11.8 Å². The van der Waals surface area contributed by atoms with Crippen LogP contribution in [0.25, 0.3) is 0 Å². The van der Waals surface area contributed by atoms with Gasteiger partial charge in [0.1, 0.15) is 6.04 Å². The van der Waals surface area contributed by atoms with Crippen LogP contribution in [0.1, 0.15) is 37.8 Å². The first-order valence-corrected chi connectivity index (χ1v) is 9.11. The second-order valence-electron chi connectivity index (χ2n) is 7.28. The molecule has 23 heavy (non-hydrogen) atoms. The molecule has 0 bridgehead atoms. The predicted molar refractivity (Wildman–Crippen MR) is 93.5 cm³/mol. The molecule has 0 spiro atoms. The Morgan fingerprint density at radius 2 is 1.96 bits per heavy atom. The van der Waals surface area contributed by atoms with E-state index >= 15 is 0 Å². The lowest BCUT2D eigenvalue weighted by atomic mass is 10.0. The molecule has 1 atom stereocenters. The van der Waals surface area contributed by atoms with Gasteiger partial charge < -0.3 is 10.6 Å². The summed E-state index contributed by atoms with van der Waals surface area (Å²) in [7, 11) is 0. The molecule has 1 heterocycles. The molecule has 2 N–H and O–H groups in total. The Morgan fingerprint density at radius 3 is 2.52 bits per heavy atom. The van der Waals surface area contributed by atoms with Crippen molar-refractivity contribution < 1.29 is 9.59 Å². The average molecular weight is 332 g/mol. The summed E-state index contributed by atoms with van der Waals surface area (Å²) < 4.78 is -0.448. The molecule has 1 saturated carbocycles. The van der Waals surface area contributed by atoms with Crippen molar-refractivity contribution in [3.63, 3.8) is 0 Å². The molecule has 5 heteroatoms. The fourth-order valence-corrected chi connectivity index (χ4v) is 3.82. The maximum atomic E-state index is 12.5. The zero-order valence-electron chi connectivity index (χ0n) is 13.9. The predicted octanol–water partition coefficient (Wildman–Crippen LogP) is 2.20. The van der Waals surface area contributed by atoms with Gasteiger partial charge in [0.2, 0.25) is 11.8 Å². The number of hydrogen-bond acceptors (Lipinski definition) is 3. The molecule has 1 unspecified atom stereocenters. The van der Waals surface area contributed by atoms with Crippen molar-refractivity contribution in [1.29, 1.82) is 0 Å². The van der Waals surface area contributed by atoms with Crippen molar-refractivity contribution in [2.45, 2.75) is 56.4 Å². The fourth-order valence-electron chi connectivity index (χ4n) is 2.81. The van der Waals surface area contributed by atoms with Gasteiger partial charge in [-0.15, -0.1) is 11.8 Å². The van der Waals surface area contributed by atoms with E-state index in [1.807, 2.05) is 13.8 Å². The topological polar surface area (TPSA) is 58.2 Å². The number of hydrogen-bond donors (Lipinski definition) is 2. The lowest BCUT2D eigenvalue weighted by molar-refractivity contribution is -0.130. The van der Waals surface area contributed by atoms with Crippen LogP contribution >= 0.6 is 11.8 Å². The molecule has 1 aromatic rings. The number of aryl methyl sites for hydroxylation is 1. The summed E-state index contributed by atoms with van der Waals surface area (Å²) in [5.41, 5.74) is 2.37. The molecule has 124 valence electrons. The van der Waals surface area contributed by atoms with E-state index in [2.05, 4.69) is 41.8 Å². The van der Waals surface area contributed by atoms with Gasteiger partial charge in [0.15, 0.2) is 0 Å². The van der Waals surface area contributed by atoms with E-state index in [9.17, 15) is 9.59 Å². The third-order valence-corrected chi connectivity index (χ3v) is 6.09. The second kappa shape index (κ2) is 5.86. The smallest absolute Gasteiger partial charge is 0.243 e. The molecule has 1 aromatic carbocycles. The van der Waals surface area contributed by atoms with Crippen LogP contribution in [-0.2, 0) is 16.0 Å². The molecule has 1 aliphatic heterocycles. The van der Waals surface area contributed by atoms with Crippen LogP contribution in [0, 0.1) is 6.92 Å². The van der Waals surface area contributed by atoms with Crippen LogP contribution in [0.5, 0.6) is 0 Å². The van der Waals surface area contributed by atoms with Crippen molar-refractivity contribution in [2.24, 2.45) is 0 Å². The van der Waals surface area contributed by atoms with Crippen LogP contribution in [0.2, 0.25) is 0 Å².